The molecule has 2 heterocycles. The summed E-state index contributed by atoms with van der Waals surface area (Å²) in [4.78, 5) is 20.6. The van der Waals surface area contributed by atoms with Crippen LogP contribution in [0.3, 0.4) is 0 Å². The van der Waals surface area contributed by atoms with E-state index in [-0.39, 0.29) is 5.91 Å². The third-order valence-corrected chi connectivity index (χ3v) is 5.40. The largest absolute Gasteiger partial charge is 0.487 e. The highest BCUT2D eigenvalue weighted by molar-refractivity contribution is 7.16. The van der Waals surface area contributed by atoms with Gasteiger partial charge in [0.2, 0.25) is 5.91 Å². The highest BCUT2D eigenvalue weighted by Gasteiger charge is 2.27. The molecule has 1 amide bonds. The lowest BCUT2D eigenvalue weighted by Crippen LogP contribution is -2.25. The molecule has 4 nitrogen and oxygen atoms in total. The molecule has 1 aromatic heterocycles. The number of nitrogens with zero attached hydrogens (tertiary/aromatic N) is 2. The Morgan fingerprint density at radius 1 is 1.15 bits per heavy atom. The topological polar surface area (TPSA) is 42.4 Å². The average Bonchev–Trinajstić information content (AvgIpc) is 3.11. The normalized spacial score (nSPS) is 12.0. The molecule has 0 bridgehead atoms. The molecule has 0 saturated heterocycles. The maximum atomic E-state index is 12.9. The summed E-state index contributed by atoms with van der Waals surface area (Å²) in [6, 6.07) is 17.7. The van der Waals surface area contributed by atoms with E-state index < -0.39 is 0 Å². The van der Waals surface area contributed by atoms with E-state index in [1.165, 1.54) is 11.3 Å². The lowest BCUT2D eigenvalue weighted by molar-refractivity contribution is -0.118. The highest BCUT2D eigenvalue weighted by Crippen LogP contribution is 2.43. The molecule has 0 N–H and O–H groups in total. The van der Waals surface area contributed by atoms with Crippen molar-refractivity contribution < 1.29 is 9.53 Å². The molecule has 1 aliphatic heterocycles. The van der Waals surface area contributed by atoms with E-state index >= 15 is 0 Å². The molecule has 0 aliphatic carbocycles. The molecular weight excluding hydrogens is 344 g/mol. The van der Waals surface area contributed by atoms with Crippen molar-refractivity contribution in [2.45, 2.75) is 32.8 Å². The minimum absolute atomic E-state index is 0.0818. The van der Waals surface area contributed by atoms with E-state index in [4.69, 9.17) is 9.72 Å². The second kappa shape index (κ2) is 7.30. The number of hydrogen-bond donors (Lipinski definition) is 0. The van der Waals surface area contributed by atoms with Crippen molar-refractivity contribution in [3.8, 4) is 17.0 Å². The van der Waals surface area contributed by atoms with Crippen LogP contribution in [0.4, 0.5) is 10.8 Å². The summed E-state index contributed by atoms with van der Waals surface area (Å²) in [5, 5.41) is 0.711. The summed E-state index contributed by atoms with van der Waals surface area (Å²) < 4.78 is 5.84. The molecule has 0 atom stereocenters. The van der Waals surface area contributed by atoms with Crippen LogP contribution in [0.1, 0.15) is 31.1 Å². The number of aromatic nitrogens is 1. The lowest BCUT2D eigenvalue weighted by atomic mass is 10.1. The number of anilines is 2. The number of ether oxygens (including phenoxy) is 1. The number of benzene rings is 2. The first-order valence-electron chi connectivity index (χ1n) is 8.88. The van der Waals surface area contributed by atoms with Gasteiger partial charge in [-0.1, -0.05) is 55.0 Å². The maximum Gasteiger partial charge on any atom is 0.233 e. The predicted octanol–water partition coefficient (Wildman–Crippen LogP) is 5.56. The molecule has 0 saturated carbocycles. The van der Waals surface area contributed by atoms with Gasteiger partial charge in [-0.2, -0.15) is 0 Å². The zero-order chi connectivity index (χ0) is 17.9. The van der Waals surface area contributed by atoms with Gasteiger partial charge in [-0.05, 0) is 30.7 Å². The predicted molar refractivity (Wildman–Crippen MR) is 105 cm³/mol. The number of hydrogen-bond acceptors (Lipinski definition) is 4. The molecule has 0 radical (unpaired) electrons. The van der Waals surface area contributed by atoms with Crippen molar-refractivity contribution in [2.75, 3.05) is 4.90 Å². The van der Waals surface area contributed by atoms with Crippen molar-refractivity contribution in [3.63, 3.8) is 0 Å². The Kier molecular flexibility index (Phi) is 4.71. The molecule has 5 heteroatoms. The van der Waals surface area contributed by atoms with E-state index in [0.29, 0.717) is 18.2 Å². The van der Waals surface area contributed by atoms with Gasteiger partial charge in [0.05, 0.1) is 16.3 Å². The molecule has 4 rings (SSSR count). The van der Waals surface area contributed by atoms with Gasteiger partial charge in [0, 0.05) is 12.0 Å². The fraction of sp³-hybridized carbons (Fsp3) is 0.238. The molecule has 26 heavy (non-hydrogen) atoms. The number of fused-ring (bicyclic) bond motifs is 3. The van der Waals surface area contributed by atoms with Crippen LogP contribution in [0.15, 0.2) is 54.6 Å². The van der Waals surface area contributed by atoms with Gasteiger partial charge in [0.25, 0.3) is 0 Å². The fourth-order valence-corrected chi connectivity index (χ4v) is 4.08. The van der Waals surface area contributed by atoms with E-state index in [1.54, 1.807) is 4.90 Å². The van der Waals surface area contributed by atoms with Crippen LogP contribution < -0.4 is 9.64 Å². The van der Waals surface area contributed by atoms with Gasteiger partial charge in [-0.3, -0.25) is 9.69 Å². The van der Waals surface area contributed by atoms with Gasteiger partial charge in [-0.15, -0.1) is 0 Å². The first kappa shape index (κ1) is 16.8. The molecule has 0 unspecified atom stereocenters. The van der Waals surface area contributed by atoms with Gasteiger partial charge in [-0.25, -0.2) is 4.98 Å². The summed E-state index contributed by atoms with van der Waals surface area (Å²) in [5.41, 5.74) is 2.77. The third kappa shape index (κ3) is 3.10. The second-order valence-corrected chi connectivity index (χ2v) is 7.28. The lowest BCUT2D eigenvalue weighted by Gasteiger charge is -2.20. The van der Waals surface area contributed by atoms with Crippen molar-refractivity contribution in [1.29, 1.82) is 0 Å². The first-order valence-corrected chi connectivity index (χ1v) is 9.69. The smallest absolute Gasteiger partial charge is 0.233 e. The summed E-state index contributed by atoms with van der Waals surface area (Å²) in [6.45, 7) is 2.59. The average molecular weight is 364 g/mol. The SMILES string of the molecule is CCCCC(=O)N(c1ccccc1)c1nc2c(s1)COc1ccccc1-2. The van der Waals surface area contributed by atoms with Crippen molar-refractivity contribution in [3.05, 3.63) is 59.5 Å². The van der Waals surface area contributed by atoms with E-state index in [1.807, 2.05) is 54.6 Å². The van der Waals surface area contributed by atoms with Crippen LogP contribution in [0.25, 0.3) is 11.3 Å². The van der Waals surface area contributed by atoms with Crippen LogP contribution in [0.5, 0.6) is 5.75 Å². The maximum absolute atomic E-state index is 12.9. The summed E-state index contributed by atoms with van der Waals surface area (Å²) >= 11 is 1.53. The van der Waals surface area contributed by atoms with Crippen LogP contribution in [-0.4, -0.2) is 10.9 Å². The molecule has 0 fully saturated rings. The molecule has 0 spiro atoms. The van der Waals surface area contributed by atoms with Gasteiger partial charge in [0.15, 0.2) is 5.13 Å². The van der Waals surface area contributed by atoms with Gasteiger partial charge in [0.1, 0.15) is 12.4 Å². The highest BCUT2D eigenvalue weighted by atomic mass is 32.1. The Labute approximate surface area is 157 Å². The number of carbonyl (C=O) groups is 1. The number of amides is 1. The minimum atomic E-state index is 0.0818. The summed E-state index contributed by atoms with van der Waals surface area (Å²) in [7, 11) is 0. The van der Waals surface area contributed by atoms with Gasteiger partial charge >= 0.3 is 0 Å². The first-order chi connectivity index (χ1) is 12.8. The summed E-state index contributed by atoms with van der Waals surface area (Å²) in [6.07, 6.45) is 2.38. The van der Waals surface area contributed by atoms with Crippen LogP contribution in [0, 0.1) is 0 Å². The standard InChI is InChI=1S/C21H20N2O2S/c1-2-3-13-19(24)23(15-9-5-4-6-10-15)21-22-20-16-11-7-8-12-17(16)25-14-18(20)26-21/h4-12H,2-3,13-14H2,1H3. The Morgan fingerprint density at radius 3 is 2.73 bits per heavy atom. The van der Waals surface area contributed by atoms with Crippen molar-refractivity contribution in [1.82, 2.24) is 4.98 Å². The molecule has 1 aliphatic rings. The number of rotatable bonds is 5. The van der Waals surface area contributed by atoms with Crippen LogP contribution >= 0.6 is 11.3 Å². The molecular formula is C21H20N2O2S. The quantitative estimate of drug-likeness (QED) is 0.595. The molecule has 3 aromatic rings. The van der Waals surface area contributed by atoms with E-state index in [0.717, 1.165) is 40.4 Å². The summed E-state index contributed by atoms with van der Waals surface area (Å²) in [5.74, 6) is 0.929. The molecule has 2 aromatic carbocycles. The number of thiazole rings is 1. The van der Waals surface area contributed by atoms with Crippen molar-refractivity contribution in [2.24, 2.45) is 0 Å². The Balaban J connectivity index is 1.76. The van der Waals surface area contributed by atoms with Crippen LogP contribution in [0.2, 0.25) is 0 Å². The number of unbranched alkanes of at least 4 members (excludes halogenated alkanes) is 1. The minimum Gasteiger partial charge on any atom is -0.487 e. The van der Waals surface area contributed by atoms with E-state index in [2.05, 4.69) is 6.92 Å². The second-order valence-electron chi connectivity index (χ2n) is 6.22. The third-order valence-electron chi connectivity index (χ3n) is 4.39. The van der Waals surface area contributed by atoms with E-state index in [9.17, 15) is 4.79 Å². The molecule has 132 valence electrons. The van der Waals surface area contributed by atoms with Crippen molar-refractivity contribution >= 4 is 28.1 Å². The Hall–Kier alpha value is -2.66. The zero-order valence-corrected chi connectivity index (χ0v) is 15.5. The van der Waals surface area contributed by atoms with Crippen LogP contribution in [-0.2, 0) is 11.4 Å². The van der Waals surface area contributed by atoms with Gasteiger partial charge < -0.3 is 4.74 Å². The Bertz CT molecular complexity index is 921. The monoisotopic (exact) mass is 364 g/mol. The zero-order valence-electron chi connectivity index (χ0n) is 14.6. The Morgan fingerprint density at radius 2 is 1.92 bits per heavy atom. The number of carbonyl (C=O) groups excluding carboxylic acids is 1. The number of para-hydroxylation sites is 2. The fourth-order valence-electron chi connectivity index (χ4n) is 3.05.